The van der Waals surface area contributed by atoms with Crippen LogP contribution in [0, 0.1) is 13.8 Å². The van der Waals surface area contributed by atoms with Gasteiger partial charge in [-0.25, -0.2) is 0 Å². The van der Waals surface area contributed by atoms with Gasteiger partial charge in [0.1, 0.15) is 0 Å². The van der Waals surface area contributed by atoms with E-state index < -0.39 is 5.97 Å². The molecular weight excluding hydrogens is 320 g/mol. The van der Waals surface area contributed by atoms with Gasteiger partial charge in [0.15, 0.2) is 0 Å². The van der Waals surface area contributed by atoms with Crippen molar-refractivity contribution in [3.63, 3.8) is 0 Å². The Balaban J connectivity index is 2.14. The summed E-state index contributed by atoms with van der Waals surface area (Å²) in [5.41, 5.74) is 2.30. The highest BCUT2D eigenvalue weighted by molar-refractivity contribution is 7.22. The van der Waals surface area contributed by atoms with Gasteiger partial charge in [-0.3, -0.25) is 9.59 Å². The Kier molecular flexibility index (Phi) is 5.74. The Morgan fingerprint density at radius 2 is 1.68 bits per heavy atom. The third-order valence-electron chi connectivity index (χ3n) is 3.45. The summed E-state index contributed by atoms with van der Waals surface area (Å²) in [6.07, 6.45) is 1.45. The number of ether oxygens (including phenoxy) is 1. The van der Waals surface area contributed by atoms with E-state index >= 15 is 0 Å². The predicted octanol–water partition coefficient (Wildman–Crippen LogP) is 3.83. The molecule has 1 N–H and O–H groups in total. The van der Waals surface area contributed by atoms with E-state index in [9.17, 15) is 9.59 Å². The van der Waals surface area contributed by atoms with Gasteiger partial charge in [0.05, 0.1) is 6.61 Å². The average molecular weight is 338 g/mol. The van der Waals surface area contributed by atoms with Crippen molar-refractivity contribution in [2.45, 2.75) is 33.1 Å². The molecule has 0 radical (unpaired) electrons. The van der Waals surface area contributed by atoms with Crippen LogP contribution in [-0.2, 0) is 27.2 Å². The summed E-state index contributed by atoms with van der Waals surface area (Å²) in [4.78, 5) is 25.7. The molecule has 2 aromatic heterocycles. The lowest BCUT2D eigenvalue weighted by atomic mass is 10.1. The van der Waals surface area contributed by atoms with Crippen LogP contribution in [0.1, 0.15) is 27.3 Å². The molecule has 22 heavy (non-hydrogen) atoms. The summed E-state index contributed by atoms with van der Waals surface area (Å²) >= 11 is 3.42. The zero-order valence-electron chi connectivity index (χ0n) is 12.5. The van der Waals surface area contributed by atoms with Crippen LogP contribution in [0.4, 0.5) is 0 Å². The van der Waals surface area contributed by atoms with Crippen molar-refractivity contribution >= 4 is 35.1 Å². The monoisotopic (exact) mass is 338 g/mol. The maximum atomic E-state index is 10.7. The maximum Gasteiger partial charge on any atom is 0.303 e. The first-order valence-electron chi connectivity index (χ1n) is 6.97. The van der Waals surface area contributed by atoms with Gasteiger partial charge in [-0.2, -0.15) is 0 Å². The Labute approximate surface area is 137 Å². The highest BCUT2D eigenvalue weighted by Gasteiger charge is 2.13. The third-order valence-corrected chi connectivity index (χ3v) is 5.83. The molecule has 0 fully saturated rings. The summed E-state index contributed by atoms with van der Waals surface area (Å²) in [5.74, 6) is -0.767. The van der Waals surface area contributed by atoms with Crippen LogP contribution in [-0.4, -0.2) is 24.2 Å². The van der Waals surface area contributed by atoms with Crippen molar-refractivity contribution in [3.8, 4) is 9.75 Å². The molecule has 0 saturated carbocycles. The van der Waals surface area contributed by atoms with Crippen molar-refractivity contribution in [1.29, 1.82) is 0 Å². The van der Waals surface area contributed by atoms with Crippen molar-refractivity contribution in [3.05, 3.63) is 33.0 Å². The van der Waals surface area contributed by atoms with E-state index in [1.165, 1.54) is 25.1 Å². The number of thiophene rings is 2. The predicted molar refractivity (Wildman–Crippen MR) is 88.8 cm³/mol. The Bertz CT molecular complexity index is 670. The van der Waals surface area contributed by atoms with Crippen LogP contribution in [0.3, 0.4) is 0 Å². The van der Waals surface area contributed by atoms with Crippen molar-refractivity contribution < 1.29 is 19.4 Å². The van der Waals surface area contributed by atoms with Gasteiger partial charge in [-0.05, 0) is 43.5 Å². The average Bonchev–Trinajstić information content (AvgIpc) is 3.01. The van der Waals surface area contributed by atoms with Crippen LogP contribution in [0.15, 0.2) is 12.1 Å². The molecule has 2 rings (SSSR count). The van der Waals surface area contributed by atoms with Gasteiger partial charge in [0.2, 0.25) is 0 Å². The minimum atomic E-state index is -0.767. The molecule has 0 aliphatic heterocycles. The van der Waals surface area contributed by atoms with Crippen LogP contribution in [0.5, 0.6) is 0 Å². The minimum absolute atomic E-state index is 0.161. The lowest BCUT2D eigenvalue weighted by Gasteiger charge is -1.97. The van der Waals surface area contributed by atoms with E-state index in [-0.39, 0.29) is 6.42 Å². The molecule has 0 amide bonds. The topological polar surface area (TPSA) is 63.6 Å². The van der Waals surface area contributed by atoms with Gasteiger partial charge in [-0.15, -0.1) is 22.7 Å². The number of carboxylic acids is 1. The van der Waals surface area contributed by atoms with Crippen LogP contribution in [0.25, 0.3) is 9.75 Å². The molecule has 0 atom stereocenters. The van der Waals surface area contributed by atoms with E-state index in [0.29, 0.717) is 19.5 Å². The van der Waals surface area contributed by atoms with Crippen LogP contribution in [0.2, 0.25) is 0 Å². The third kappa shape index (κ3) is 4.18. The molecule has 2 heterocycles. The zero-order valence-corrected chi connectivity index (χ0v) is 14.2. The van der Waals surface area contributed by atoms with Crippen LogP contribution < -0.4 is 0 Å². The molecule has 0 saturated heterocycles. The summed E-state index contributed by atoms with van der Waals surface area (Å²) in [5, 5.41) is 8.80. The molecular formula is C16H18O4S2. The first-order chi connectivity index (χ1) is 10.5. The first-order valence-corrected chi connectivity index (χ1v) is 8.60. The molecule has 2 aromatic rings. The fourth-order valence-electron chi connectivity index (χ4n) is 2.24. The van der Waals surface area contributed by atoms with E-state index in [2.05, 4.69) is 19.1 Å². The quantitative estimate of drug-likeness (QED) is 0.587. The fraction of sp³-hybridized carbons (Fsp3) is 0.375. The lowest BCUT2D eigenvalue weighted by molar-refractivity contribution is -0.137. The van der Waals surface area contributed by atoms with Gasteiger partial charge in [-0.1, -0.05) is 0 Å². The standard InChI is InChI=1S/C16H18O4S2/c1-10-12(3-4-16(18)19)7-14(21-10)15-8-13(11(2)22-15)5-6-20-9-17/h7-9H,3-6H2,1-2H3,(H,18,19). The lowest BCUT2D eigenvalue weighted by Crippen LogP contribution is -1.97. The number of carbonyl (C=O) groups is 2. The highest BCUT2D eigenvalue weighted by Crippen LogP contribution is 2.37. The molecule has 0 bridgehead atoms. The molecule has 0 spiro atoms. The van der Waals surface area contributed by atoms with Crippen molar-refractivity contribution in [1.82, 2.24) is 0 Å². The number of carbonyl (C=O) groups excluding carboxylic acids is 1. The Hall–Kier alpha value is -1.66. The summed E-state index contributed by atoms with van der Waals surface area (Å²) in [6, 6.07) is 4.24. The fourth-order valence-corrected chi connectivity index (χ4v) is 4.45. The number of aryl methyl sites for hydroxylation is 3. The van der Waals surface area contributed by atoms with Gasteiger partial charge in [0.25, 0.3) is 6.47 Å². The largest absolute Gasteiger partial charge is 0.481 e. The number of rotatable bonds is 8. The molecule has 0 unspecified atom stereocenters. The second kappa shape index (κ2) is 7.56. The molecule has 118 valence electrons. The summed E-state index contributed by atoms with van der Waals surface area (Å²) < 4.78 is 4.76. The second-order valence-corrected chi connectivity index (χ2v) is 7.51. The minimum Gasteiger partial charge on any atom is -0.481 e. The number of hydrogen-bond donors (Lipinski definition) is 1. The first kappa shape index (κ1) is 16.7. The van der Waals surface area contributed by atoms with E-state index in [1.54, 1.807) is 22.7 Å². The molecule has 0 aliphatic carbocycles. The van der Waals surface area contributed by atoms with E-state index in [4.69, 9.17) is 9.84 Å². The number of hydrogen-bond acceptors (Lipinski definition) is 5. The Morgan fingerprint density at radius 1 is 1.14 bits per heavy atom. The van der Waals surface area contributed by atoms with Gasteiger partial charge in [0, 0.05) is 32.4 Å². The molecule has 4 nitrogen and oxygen atoms in total. The number of aliphatic carboxylic acids is 1. The number of carboxylic acid groups (broad SMARTS) is 1. The van der Waals surface area contributed by atoms with Gasteiger partial charge >= 0.3 is 5.97 Å². The van der Waals surface area contributed by atoms with Crippen molar-refractivity contribution in [2.75, 3.05) is 6.61 Å². The van der Waals surface area contributed by atoms with Crippen LogP contribution >= 0.6 is 22.7 Å². The van der Waals surface area contributed by atoms with Gasteiger partial charge < -0.3 is 9.84 Å². The highest BCUT2D eigenvalue weighted by atomic mass is 32.1. The normalized spacial score (nSPS) is 10.6. The smallest absolute Gasteiger partial charge is 0.303 e. The molecule has 0 aliphatic rings. The SMILES string of the molecule is Cc1sc(-c2cc(CCC(=O)O)c(C)s2)cc1CCOC=O. The Morgan fingerprint density at radius 3 is 2.18 bits per heavy atom. The zero-order chi connectivity index (χ0) is 16.1. The van der Waals surface area contributed by atoms with Crippen molar-refractivity contribution in [2.24, 2.45) is 0 Å². The molecule has 6 heteroatoms. The van der Waals surface area contributed by atoms with E-state index in [1.807, 2.05) is 6.92 Å². The van der Waals surface area contributed by atoms with E-state index in [0.717, 1.165) is 12.0 Å². The second-order valence-electron chi connectivity index (χ2n) is 4.99. The summed E-state index contributed by atoms with van der Waals surface area (Å²) in [6.45, 7) is 4.97. The maximum absolute atomic E-state index is 10.7. The molecule has 0 aromatic carbocycles. The summed E-state index contributed by atoms with van der Waals surface area (Å²) in [7, 11) is 0.